The maximum Gasteiger partial charge on any atom is 0.341 e. The van der Waals surface area contributed by atoms with Gasteiger partial charge in [0.2, 0.25) is 0 Å². The van der Waals surface area contributed by atoms with Crippen molar-refractivity contribution in [1.82, 2.24) is 0 Å². The summed E-state index contributed by atoms with van der Waals surface area (Å²) in [6.07, 6.45) is 1.23. The number of carbonyl (C=O) groups excluding carboxylic acids is 2. The van der Waals surface area contributed by atoms with Gasteiger partial charge in [-0.3, -0.25) is 4.79 Å². The summed E-state index contributed by atoms with van der Waals surface area (Å²) in [5.41, 5.74) is 2.18. The van der Waals surface area contributed by atoms with Crippen molar-refractivity contribution in [2.75, 3.05) is 31.6 Å². The molecule has 3 rings (SSSR count). The van der Waals surface area contributed by atoms with Crippen molar-refractivity contribution in [3.8, 4) is 11.1 Å². The first-order chi connectivity index (χ1) is 13.5. The van der Waals surface area contributed by atoms with E-state index in [0.29, 0.717) is 35.6 Å². The van der Waals surface area contributed by atoms with Crippen LogP contribution < -0.4 is 10.2 Å². The molecule has 0 radical (unpaired) electrons. The number of thiophene rings is 1. The van der Waals surface area contributed by atoms with Gasteiger partial charge in [-0.15, -0.1) is 11.3 Å². The van der Waals surface area contributed by atoms with Crippen LogP contribution in [0.2, 0.25) is 0 Å². The lowest BCUT2D eigenvalue weighted by molar-refractivity contribution is -0.904. The molecule has 1 aliphatic heterocycles. The van der Waals surface area contributed by atoms with Crippen LogP contribution in [0.4, 0.5) is 5.00 Å². The average Bonchev–Trinajstić information content (AvgIpc) is 3.05. The quantitative estimate of drug-likeness (QED) is 0.732. The summed E-state index contributed by atoms with van der Waals surface area (Å²) in [5, 5.41) is 5.46. The van der Waals surface area contributed by atoms with Crippen molar-refractivity contribution in [2.24, 2.45) is 11.8 Å². The second kappa shape index (κ2) is 9.34. The van der Waals surface area contributed by atoms with Gasteiger partial charge in [0.25, 0.3) is 5.91 Å². The average molecular weight is 402 g/mol. The molecule has 1 aromatic carbocycles. The molecule has 6 heteroatoms. The summed E-state index contributed by atoms with van der Waals surface area (Å²) in [4.78, 5) is 26.6. The van der Waals surface area contributed by atoms with Gasteiger partial charge in [0.15, 0.2) is 6.54 Å². The number of rotatable bonds is 6. The van der Waals surface area contributed by atoms with E-state index in [-0.39, 0.29) is 5.91 Å². The van der Waals surface area contributed by atoms with Crippen LogP contribution in [0.1, 0.15) is 37.6 Å². The van der Waals surface area contributed by atoms with Crippen LogP contribution in [-0.4, -0.2) is 38.1 Å². The zero-order valence-corrected chi connectivity index (χ0v) is 17.6. The lowest BCUT2D eigenvalue weighted by Gasteiger charge is -2.31. The Hall–Kier alpha value is -2.18. The summed E-state index contributed by atoms with van der Waals surface area (Å²) >= 11 is 1.37. The number of benzene rings is 1. The molecule has 1 fully saturated rings. The Morgan fingerprint density at radius 2 is 1.86 bits per heavy atom. The monoisotopic (exact) mass is 401 g/mol. The Bertz CT molecular complexity index is 808. The van der Waals surface area contributed by atoms with E-state index in [1.807, 2.05) is 35.7 Å². The van der Waals surface area contributed by atoms with Gasteiger partial charge < -0.3 is 15.0 Å². The van der Waals surface area contributed by atoms with Crippen LogP contribution in [0.15, 0.2) is 35.7 Å². The van der Waals surface area contributed by atoms with E-state index in [1.54, 1.807) is 6.92 Å². The van der Waals surface area contributed by atoms with E-state index in [2.05, 4.69) is 19.2 Å². The largest absolute Gasteiger partial charge is 0.462 e. The lowest BCUT2D eigenvalue weighted by Crippen LogP contribution is -3.15. The molecule has 2 aromatic rings. The first-order valence-corrected chi connectivity index (χ1v) is 10.8. The van der Waals surface area contributed by atoms with Crippen molar-refractivity contribution < 1.29 is 19.2 Å². The van der Waals surface area contributed by atoms with E-state index >= 15 is 0 Å². The minimum absolute atomic E-state index is 0.0525. The number of hydrogen-bond acceptors (Lipinski definition) is 4. The van der Waals surface area contributed by atoms with Crippen molar-refractivity contribution in [3.63, 3.8) is 0 Å². The zero-order chi connectivity index (χ0) is 20.1. The fraction of sp³-hybridized carbons (Fsp3) is 0.455. The Morgan fingerprint density at radius 1 is 1.18 bits per heavy atom. The third-order valence-corrected chi connectivity index (χ3v) is 5.99. The predicted molar refractivity (Wildman–Crippen MR) is 113 cm³/mol. The first-order valence-electron chi connectivity index (χ1n) is 9.95. The van der Waals surface area contributed by atoms with Crippen molar-refractivity contribution in [1.29, 1.82) is 0 Å². The second-order valence-electron chi connectivity index (χ2n) is 7.77. The SMILES string of the molecule is CCOC(=O)c1c(-c2ccccc2)csc1NC(=O)C[NH+]1CC(C)CC(C)C1. The molecule has 1 amide bonds. The van der Waals surface area contributed by atoms with Gasteiger partial charge in [0.1, 0.15) is 10.6 Å². The second-order valence-corrected chi connectivity index (χ2v) is 8.65. The summed E-state index contributed by atoms with van der Waals surface area (Å²) in [7, 11) is 0. The molecule has 28 heavy (non-hydrogen) atoms. The highest BCUT2D eigenvalue weighted by Crippen LogP contribution is 2.36. The topological polar surface area (TPSA) is 59.8 Å². The fourth-order valence-electron chi connectivity index (χ4n) is 4.15. The zero-order valence-electron chi connectivity index (χ0n) is 16.8. The molecule has 0 saturated carbocycles. The third kappa shape index (κ3) is 5.00. The minimum Gasteiger partial charge on any atom is -0.462 e. The molecule has 2 N–H and O–H groups in total. The number of anilines is 1. The lowest BCUT2D eigenvalue weighted by atomic mass is 9.92. The highest BCUT2D eigenvalue weighted by atomic mass is 32.1. The van der Waals surface area contributed by atoms with Gasteiger partial charge in [-0.1, -0.05) is 44.2 Å². The highest BCUT2D eigenvalue weighted by molar-refractivity contribution is 7.15. The molecule has 1 saturated heterocycles. The molecule has 150 valence electrons. The number of quaternary nitrogens is 1. The Morgan fingerprint density at radius 3 is 2.50 bits per heavy atom. The molecule has 0 aliphatic carbocycles. The van der Waals surface area contributed by atoms with E-state index in [0.717, 1.165) is 24.2 Å². The number of amides is 1. The van der Waals surface area contributed by atoms with Crippen molar-refractivity contribution in [2.45, 2.75) is 27.2 Å². The summed E-state index contributed by atoms with van der Waals surface area (Å²) in [6, 6.07) is 9.71. The van der Waals surface area contributed by atoms with Gasteiger partial charge in [-0.25, -0.2) is 4.79 Å². The number of ether oxygens (including phenoxy) is 1. The Kier molecular flexibility index (Phi) is 6.86. The fourth-order valence-corrected chi connectivity index (χ4v) is 5.12. The minimum atomic E-state index is -0.398. The van der Waals surface area contributed by atoms with E-state index < -0.39 is 5.97 Å². The van der Waals surface area contributed by atoms with Crippen LogP contribution in [0.25, 0.3) is 11.1 Å². The Balaban J connectivity index is 1.78. The van der Waals surface area contributed by atoms with Crippen LogP contribution in [-0.2, 0) is 9.53 Å². The molecule has 5 nitrogen and oxygen atoms in total. The smallest absolute Gasteiger partial charge is 0.341 e. The number of carbonyl (C=O) groups is 2. The number of likely N-dealkylation sites (tertiary alicyclic amines) is 1. The van der Waals surface area contributed by atoms with Crippen LogP contribution in [0.3, 0.4) is 0 Å². The van der Waals surface area contributed by atoms with Gasteiger partial charge in [-0.05, 0) is 18.9 Å². The van der Waals surface area contributed by atoms with Gasteiger partial charge >= 0.3 is 5.97 Å². The number of hydrogen-bond donors (Lipinski definition) is 2. The molecule has 0 spiro atoms. The summed E-state index contributed by atoms with van der Waals surface area (Å²) in [5.74, 6) is 0.815. The van der Waals surface area contributed by atoms with Gasteiger partial charge in [-0.2, -0.15) is 0 Å². The molecule has 1 aromatic heterocycles. The Labute approximate surface area is 170 Å². The van der Waals surface area contributed by atoms with Crippen LogP contribution >= 0.6 is 11.3 Å². The summed E-state index contributed by atoms with van der Waals surface area (Å²) in [6.45, 7) is 9.03. The predicted octanol–water partition coefficient (Wildman–Crippen LogP) is 3.09. The van der Waals surface area contributed by atoms with Crippen LogP contribution in [0.5, 0.6) is 0 Å². The molecular formula is C22H29N2O3S+. The first kappa shape index (κ1) is 20.6. The molecule has 2 atom stereocenters. The molecule has 0 bridgehead atoms. The molecular weight excluding hydrogens is 372 g/mol. The number of esters is 1. The summed E-state index contributed by atoms with van der Waals surface area (Å²) < 4.78 is 5.26. The highest BCUT2D eigenvalue weighted by Gasteiger charge is 2.28. The molecule has 2 unspecified atom stereocenters. The van der Waals surface area contributed by atoms with Gasteiger partial charge in [0.05, 0.1) is 19.7 Å². The van der Waals surface area contributed by atoms with E-state index in [4.69, 9.17) is 4.74 Å². The van der Waals surface area contributed by atoms with Crippen molar-refractivity contribution in [3.05, 3.63) is 41.3 Å². The van der Waals surface area contributed by atoms with Gasteiger partial charge in [0, 0.05) is 22.8 Å². The van der Waals surface area contributed by atoms with Crippen molar-refractivity contribution >= 4 is 28.2 Å². The normalized spacial score (nSPS) is 21.9. The number of nitrogens with one attached hydrogen (secondary N) is 2. The number of piperidine rings is 1. The van der Waals surface area contributed by atoms with Crippen LogP contribution in [0, 0.1) is 11.8 Å². The molecule has 1 aliphatic rings. The maximum absolute atomic E-state index is 12.7. The van der Waals surface area contributed by atoms with E-state index in [1.165, 1.54) is 22.7 Å². The third-order valence-electron chi connectivity index (χ3n) is 5.10. The molecule has 2 heterocycles. The van der Waals surface area contributed by atoms with E-state index in [9.17, 15) is 9.59 Å². The standard InChI is InChI=1S/C22H28N2O3S/c1-4-27-22(26)20-18(17-8-6-5-7-9-17)14-28-21(20)23-19(25)13-24-11-15(2)10-16(3)12-24/h5-9,14-16H,4,10-13H2,1-3H3,(H,23,25)/p+1. The maximum atomic E-state index is 12.7.